The monoisotopic (exact) mass is 466 g/mol. The van der Waals surface area contributed by atoms with Crippen molar-refractivity contribution in [1.29, 1.82) is 0 Å². The molecule has 11 heteroatoms. The van der Waals surface area contributed by atoms with E-state index in [0.29, 0.717) is 23.7 Å². The number of benzene rings is 1. The number of allylic oxidation sites excluding steroid dienone is 4. The average Bonchev–Trinajstić information content (AvgIpc) is 2.72. The molecule has 1 aliphatic carbocycles. The average molecular weight is 467 g/mol. The molecule has 1 aromatic heterocycles. The van der Waals surface area contributed by atoms with Gasteiger partial charge in [0.05, 0.1) is 34.8 Å². The highest BCUT2D eigenvalue weighted by Gasteiger charge is 2.33. The SMILES string of the molecule is CCOC1=CC(c2ncc(NC(=O)Nc3ccc(Cl)c(C(F)(F)F)c3)c(C)n2)=CCC1=O. The second-order valence-electron chi connectivity index (χ2n) is 6.69. The van der Waals surface area contributed by atoms with Gasteiger partial charge >= 0.3 is 12.2 Å². The number of aromatic nitrogens is 2. The third-order valence-corrected chi connectivity index (χ3v) is 4.71. The van der Waals surface area contributed by atoms with Crippen molar-refractivity contribution in [2.45, 2.75) is 26.4 Å². The number of carbonyl (C=O) groups is 2. The van der Waals surface area contributed by atoms with Crippen LogP contribution in [0, 0.1) is 6.92 Å². The Morgan fingerprint density at radius 3 is 2.69 bits per heavy atom. The molecule has 0 atom stereocenters. The van der Waals surface area contributed by atoms with Gasteiger partial charge in [0.15, 0.2) is 11.6 Å². The summed E-state index contributed by atoms with van der Waals surface area (Å²) >= 11 is 5.58. The number of hydrogen-bond acceptors (Lipinski definition) is 5. The van der Waals surface area contributed by atoms with Gasteiger partial charge in [-0.25, -0.2) is 14.8 Å². The number of ether oxygens (including phenoxy) is 1. The number of nitrogens with zero attached hydrogens (tertiary/aromatic N) is 2. The molecule has 2 N–H and O–H groups in total. The summed E-state index contributed by atoms with van der Waals surface area (Å²) in [5.74, 6) is 0.429. The fourth-order valence-corrected chi connectivity index (χ4v) is 3.08. The van der Waals surface area contributed by atoms with Crippen molar-refractivity contribution in [2.24, 2.45) is 0 Å². The number of amides is 2. The number of Topliss-reactive ketones (excluding diaryl/α,β-unsaturated/α-hetero) is 1. The number of rotatable bonds is 5. The Kier molecular flexibility index (Phi) is 6.83. The van der Waals surface area contributed by atoms with Gasteiger partial charge in [-0.3, -0.25) is 4.79 Å². The lowest BCUT2D eigenvalue weighted by atomic mass is 10.0. The van der Waals surface area contributed by atoms with Gasteiger partial charge in [-0.05, 0) is 38.1 Å². The van der Waals surface area contributed by atoms with Crippen LogP contribution in [-0.4, -0.2) is 28.4 Å². The van der Waals surface area contributed by atoms with Crippen molar-refractivity contribution < 1.29 is 27.5 Å². The fraction of sp³-hybridized carbons (Fsp3) is 0.238. The van der Waals surface area contributed by atoms with E-state index >= 15 is 0 Å². The molecule has 0 spiro atoms. The molecule has 0 saturated heterocycles. The predicted octanol–water partition coefficient (Wildman–Crippen LogP) is 5.38. The van der Waals surface area contributed by atoms with Gasteiger partial charge in [-0.2, -0.15) is 13.2 Å². The predicted molar refractivity (Wildman–Crippen MR) is 113 cm³/mol. The third-order valence-electron chi connectivity index (χ3n) is 4.38. The summed E-state index contributed by atoms with van der Waals surface area (Å²) in [6.07, 6.45) is 0.111. The molecule has 0 aliphatic heterocycles. The molecule has 32 heavy (non-hydrogen) atoms. The summed E-state index contributed by atoms with van der Waals surface area (Å²) in [6.45, 7) is 3.75. The maximum Gasteiger partial charge on any atom is 0.417 e. The molecule has 1 aromatic carbocycles. The van der Waals surface area contributed by atoms with Crippen molar-refractivity contribution in [3.8, 4) is 0 Å². The van der Waals surface area contributed by atoms with Crippen LogP contribution in [0.15, 0.2) is 42.3 Å². The number of nitrogens with one attached hydrogen (secondary N) is 2. The number of halogens is 4. The van der Waals surface area contributed by atoms with Gasteiger partial charge in [0.25, 0.3) is 0 Å². The van der Waals surface area contributed by atoms with E-state index in [2.05, 4.69) is 20.6 Å². The number of hydrogen-bond donors (Lipinski definition) is 2. The number of urea groups is 1. The highest BCUT2D eigenvalue weighted by molar-refractivity contribution is 6.31. The van der Waals surface area contributed by atoms with E-state index in [4.69, 9.17) is 16.3 Å². The van der Waals surface area contributed by atoms with Crippen molar-refractivity contribution in [3.63, 3.8) is 0 Å². The first-order valence-electron chi connectivity index (χ1n) is 9.45. The third kappa shape index (κ3) is 5.44. The number of aryl methyl sites for hydroxylation is 1. The van der Waals surface area contributed by atoms with E-state index in [9.17, 15) is 22.8 Å². The summed E-state index contributed by atoms with van der Waals surface area (Å²) in [7, 11) is 0. The summed E-state index contributed by atoms with van der Waals surface area (Å²) in [6, 6.07) is 2.27. The maximum atomic E-state index is 13.0. The maximum absolute atomic E-state index is 13.0. The lowest BCUT2D eigenvalue weighted by molar-refractivity contribution is -0.137. The molecule has 0 fully saturated rings. The van der Waals surface area contributed by atoms with Gasteiger partial charge < -0.3 is 15.4 Å². The second-order valence-corrected chi connectivity index (χ2v) is 7.10. The Morgan fingerprint density at radius 1 is 1.28 bits per heavy atom. The molecule has 1 aliphatic rings. The Bertz CT molecular complexity index is 1130. The number of carbonyl (C=O) groups excluding carboxylic acids is 2. The quantitative estimate of drug-likeness (QED) is 0.617. The van der Waals surface area contributed by atoms with Crippen LogP contribution in [-0.2, 0) is 15.7 Å². The molecule has 0 saturated carbocycles. The molecule has 2 aromatic rings. The van der Waals surface area contributed by atoms with E-state index < -0.39 is 22.8 Å². The highest BCUT2D eigenvalue weighted by Crippen LogP contribution is 2.36. The largest absolute Gasteiger partial charge is 0.490 e. The van der Waals surface area contributed by atoms with Crippen LogP contribution in [0.25, 0.3) is 5.57 Å². The zero-order valence-electron chi connectivity index (χ0n) is 17.0. The Morgan fingerprint density at radius 2 is 2.03 bits per heavy atom. The zero-order valence-corrected chi connectivity index (χ0v) is 17.8. The highest BCUT2D eigenvalue weighted by atomic mass is 35.5. The molecule has 0 radical (unpaired) electrons. The normalized spacial score (nSPS) is 13.9. The van der Waals surface area contributed by atoms with Crippen LogP contribution >= 0.6 is 11.6 Å². The number of anilines is 2. The minimum absolute atomic E-state index is 0.0833. The summed E-state index contributed by atoms with van der Waals surface area (Å²) < 4.78 is 44.3. The molecule has 0 unspecified atom stereocenters. The molecular weight excluding hydrogens is 449 g/mol. The van der Waals surface area contributed by atoms with Crippen molar-refractivity contribution >= 4 is 40.4 Å². The first kappa shape index (κ1) is 23.3. The van der Waals surface area contributed by atoms with E-state index in [1.54, 1.807) is 26.0 Å². The van der Waals surface area contributed by atoms with Gasteiger partial charge in [0.1, 0.15) is 0 Å². The standard InChI is InChI=1S/C21H18ClF3N4O3/c1-3-32-18-8-12(4-7-17(18)30)19-26-10-16(11(2)27-19)29-20(31)28-13-5-6-15(22)14(9-13)21(23,24)25/h4-6,8-10H,3,7H2,1-2H3,(H2,28,29,31). The van der Waals surface area contributed by atoms with E-state index in [-0.39, 0.29) is 29.3 Å². The molecule has 7 nitrogen and oxygen atoms in total. The van der Waals surface area contributed by atoms with Crippen LogP contribution in [0.5, 0.6) is 0 Å². The van der Waals surface area contributed by atoms with Gasteiger partial charge in [-0.15, -0.1) is 0 Å². The van der Waals surface area contributed by atoms with Gasteiger partial charge in [0.2, 0.25) is 5.78 Å². The van der Waals surface area contributed by atoms with Crippen molar-refractivity contribution in [1.82, 2.24) is 9.97 Å². The Hall–Kier alpha value is -3.40. The molecular formula is C21H18ClF3N4O3. The van der Waals surface area contributed by atoms with Gasteiger partial charge in [0, 0.05) is 17.7 Å². The minimum Gasteiger partial charge on any atom is -0.490 e. The second kappa shape index (κ2) is 9.39. The van der Waals surface area contributed by atoms with E-state index in [0.717, 1.165) is 12.1 Å². The van der Waals surface area contributed by atoms with Crippen LogP contribution in [0.4, 0.5) is 29.3 Å². The lowest BCUT2D eigenvalue weighted by Crippen LogP contribution is -2.21. The number of ketones is 1. The van der Waals surface area contributed by atoms with Crippen LogP contribution in [0.1, 0.15) is 30.4 Å². The van der Waals surface area contributed by atoms with Crippen LogP contribution < -0.4 is 10.6 Å². The molecule has 2 amide bonds. The fourth-order valence-electron chi connectivity index (χ4n) is 2.85. The van der Waals surface area contributed by atoms with E-state index in [1.807, 2.05) is 0 Å². The van der Waals surface area contributed by atoms with E-state index in [1.165, 1.54) is 12.3 Å². The molecule has 0 bridgehead atoms. The molecule has 1 heterocycles. The Labute approximate surface area is 186 Å². The lowest BCUT2D eigenvalue weighted by Gasteiger charge is -2.14. The molecule has 3 rings (SSSR count). The smallest absolute Gasteiger partial charge is 0.417 e. The summed E-state index contributed by atoms with van der Waals surface area (Å²) in [5, 5.41) is 4.35. The van der Waals surface area contributed by atoms with Crippen molar-refractivity contribution in [3.05, 3.63) is 64.4 Å². The summed E-state index contributed by atoms with van der Waals surface area (Å²) in [4.78, 5) is 32.6. The minimum atomic E-state index is -4.65. The Balaban J connectivity index is 1.73. The van der Waals surface area contributed by atoms with Crippen LogP contribution in [0.3, 0.4) is 0 Å². The van der Waals surface area contributed by atoms with Gasteiger partial charge in [-0.1, -0.05) is 17.7 Å². The first-order valence-corrected chi connectivity index (χ1v) is 9.83. The van der Waals surface area contributed by atoms with Crippen LogP contribution in [0.2, 0.25) is 5.02 Å². The summed E-state index contributed by atoms with van der Waals surface area (Å²) in [5.41, 5.74) is 0.145. The first-order chi connectivity index (χ1) is 15.1. The van der Waals surface area contributed by atoms with Crippen molar-refractivity contribution in [2.75, 3.05) is 17.2 Å². The topological polar surface area (TPSA) is 93.2 Å². The number of alkyl halides is 3. The molecule has 168 valence electrons. The zero-order chi connectivity index (χ0) is 23.5.